The standard InChI is InChI=1S/C9H17O8P/c1-3-4-9(11)17-8(5-15-7(2)10)6-16-18(12,13)14/h8H,3-6H2,1-2H3,(H2,12,13,14). The van der Waals surface area contributed by atoms with Crippen molar-refractivity contribution >= 4 is 19.8 Å². The Hall–Kier alpha value is -0.950. The van der Waals surface area contributed by atoms with E-state index in [1.807, 2.05) is 0 Å². The minimum Gasteiger partial charge on any atom is -0.462 e. The predicted octanol–water partition coefficient (Wildman–Crippen LogP) is 0.371. The molecule has 0 aliphatic carbocycles. The molecule has 0 saturated carbocycles. The highest BCUT2D eigenvalue weighted by molar-refractivity contribution is 7.46. The van der Waals surface area contributed by atoms with Crippen LogP contribution in [0.2, 0.25) is 0 Å². The third kappa shape index (κ3) is 10.2. The first-order valence-electron chi connectivity index (χ1n) is 5.27. The van der Waals surface area contributed by atoms with E-state index in [1.165, 1.54) is 0 Å². The van der Waals surface area contributed by atoms with Crippen LogP contribution < -0.4 is 0 Å². The molecule has 0 aliphatic rings. The monoisotopic (exact) mass is 284 g/mol. The highest BCUT2D eigenvalue weighted by atomic mass is 31.2. The highest BCUT2D eigenvalue weighted by Gasteiger charge is 2.22. The SMILES string of the molecule is CCCC(=O)OC(COC(C)=O)COP(=O)(O)O. The van der Waals surface area contributed by atoms with E-state index in [4.69, 9.17) is 14.5 Å². The fourth-order valence-electron chi connectivity index (χ4n) is 0.956. The third-order valence-corrected chi connectivity index (χ3v) is 2.14. The van der Waals surface area contributed by atoms with E-state index in [0.717, 1.165) is 6.92 Å². The number of phosphoric ester groups is 1. The van der Waals surface area contributed by atoms with Crippen molar-refractivity contribution in [2.45, 2.75) is 32.8 Å². The second-order valence-electron chi connectivity index (χ2n) is 3.45. The van der Waals surface area contributed by atoms with E-state index < -0.39 is 32.5 Å². The van der Waals surface area contributed by atoms with E-state index in [1.54, 1.807) is 6.92 Å². The van der Waals surface area contributed by atoms with Crippen molar-refractivity contribution in [3.63, 3.8) is 0 Å². The maximum absolute atomic E-state index is 11.2. The van der Waals surface area contributed by atoms with Crippen LogP contribution in [-0.2, 0) is 28.2 Å². The topological polar surface area (TPSA) is 119 Å². The largest absolute Gasteiger partial charge is 0.469 e. The molecule has 0 aromatic heterocycles. The van der Waals surface area contributed by atoms with Crippen molar-refractivity contribution in [2.24, 2.45) is 0 Å². The number of esters is 2. The van der Waals surface area contributed by atoms with E-state index in [2.05, 4.69) is 9.26 Å². The maximum atomic E-state index is 11.2. The molecule has 0 radical (unpaired) electrons. The Bertz CT molecular complexity index is 323. The number of phosphoric acid groups is 1. The molecule has 0 bridgehead atoms. The van der Waals surface area contributed by atoms with Gasteiger partial charge in [-0.15, -0.1) is 0 Å². The van der Waals surface area contributed by atoms with Crippen LogP contribution in [0.4, 0.5) is 0 Å². The molecule has 18 heavy (non-hydrogen) atoms. The van der Waals surface area contributed by atoms with Gasteiger partial charge in [-0.25, -0.2) is 4.57 Å². The number of carbonyl (C=O) groups excluding carboxylic acids is 2. The minimum atomic E-state index is -4.66. The summed E-state index contributed by atoms with van der Waals surface area (Å²) in [5.41, 5.74) is 0. The molecular formula is C9H17O8P. The first-order valence-corrected chi connectivity index (χ1v) is 6.80. The normalized spacial score (nSPS) is 12.9. The first kappa shape index (κ1) is 17.1. The van der Waals surface area contributed by atoms with E-state index in [9.17, 15) is 14.2 Å². The lowest BCUT2D eigenvalue weighted by atomic mass is 10.3. The summed E-state index contributed by atoms with van der Waals surface area (Å²) in [6.07, 6.45) is -0.314. The summed E-state index contributed by atoms with van der Waals surface area (Å²) >= 11 is 0. The molecule has 0 aromatic rings. The van der Waals surface area contributed by atoms with Crippen LogP contribution in [0.25, 0.3) is 0 Å². The van der Waals surface area contributed by atoms with E-state index in [-0.39, 0.29) is 13.0 Å². The molecule has 106 valence electrons. The van der Waals surface area contributed by atoms with Gasteiger partial charge in [-0.1, -0.05) is 6.92 Å². The smallest absolute Gasteiger partial charge is 0.462 e. The average Bonchev–Trinajstić information content (AvgIpc) is 2.21. The summed E-state index contributed by atoms with van der Waals surface area (Å²) in [5, 5.41) is 0. The van der Waals surface area contributed by atoms with Crippen molar-refractivity contribution in [2.75, 3.05) is 13.2 Å². The molecule has 1 atom stereocenters. The second kappa shape index (κ2) is 8.20. The summed E-state index contributed by atoms with van der Waals surface area (Å²) in [6.45, 7) is 2.07. The zero-order valence-corrected chi connectivity index (χ0v) is 11.1. The third-order valence-electron chi connectivity index (χ3n) is 1.65. The molecule has 0 rings (SSSR count). The summed E-state index contributed by atoms with van der Waals surface area (Å²) in [6, 6.07) is 0. The summed E-state index contributed by atoms with van der Waals surface area (Å²) in [5.74, 6) is -1.15. The molecule has 0 amide bonds. The molecule has 0 heterocycles. The molecule has 0 spiro atoms. The van der Waals surface area contributed by atoms with Crippen LogP contribution in [-0.4, -0.2) is 41.0 Å². The van der Waals surface area contributed by atoms with Gasteiger partial charge in [0.15, 0.2) is 6.10 Å². The lowest BCUT2D eigenvalue weighted by Crippen LogP contribution is -2.29. The van der Waals surface area contributed by atoms with Gasteiger partial charge in [-0.05, 0) is 6.42 Å². The second-order valence-corrected chi connectivity index (χ2v) is 4.69. The summed E-state index contributed by atoms with van der Waals surface area (Å²) < 4.78 is 24.2. The molecule has 8 nitrogen and oxygen atoms in total. The van der Waals surface area contributed by atoms with Crippen LogP contribution in [0, 0.1) is 0 Å². The summed E-state index contributed by atoms with van der Waals surface area (Å²) in [7, 11) is -4.66. The van der Waals surface area contributed by atoms with Gasteiger partial charge < -0.3 is 19.3 Å². The van der Waals surface area contributed by atoms with Crippen LogP contribution in [0.1, 0.15) is 26.7 Å². The number of hydrogen-bond donors (Lipinski definition) is 2. The van der Waals surface area contributed by atoms with Crippen molar-refractivity contribution in [1.29, 1.82) is 0 Å². The number of rotatable bonds is 8. The van der Waals surface area contributed by atoms with Crippen LogP contribution in [0.3, 0.4) is 0 Å². The van der Waals surface area contributed by atoms with E-state index in [0.29, 0.717) is 6.42 Å². The van der Waals surface area contributed by atoms with Crippen molar-refractivity contribution in [3.05, 3.63) is 0 Å². The quantitative estimate of drug-likeness (QED) is 0.484. The van der Waals surface area contributed by atoms with Crippen molar-refractivity contribution < 1.29 is 37.9 Å². The summed E-state index contributed by atoms with van der Waals surface area (Å²) in [4.78, 5) is 38.9. The van der Waals surface area contributed by atoms with Crippen LogP contribution in [0.5, 0.6) is 0 Å². The van der Waals surface area contributed by atoms with Gasteiger partial charge in [0.1, 0.15) is 6.61 Å². The predicted molar refractivity (Wildman–Crippen MR) is 59.4 cm³/mol. The fraction of sp³-hybridized carbons (Fsp3) is 0.778. The zero-order valence-electron chi connectivity index (χ0n) is 10.2. The molecule has 0 saturated heterocycles. The Morgan fingerprint density at radius 3 is 2.33 bits per heavy atom. The zero-order chi connectivity index (χ0) is 14.2. The number of carbonyl (C=O) groups is 2. The Kier molecular flexibility index (Phi) is 7.77. The van der Waals surface area contributed by atoms with Gasteiger partial charge in [-0.3, -0.25) is 14.1 Å². The van der Waals surface area contributed by atoms with E-state index >= 15 is 0 Å². The van der Waals surface area contributed by atoms with Gasteiger partial charge in [0.05, 0.1) is 6.61 Å². The Labute approximate surface area is 104 Å². The number of ether oxygens (including phenoxy) is 2. The Balaban J connectivity index is 4.28. The molecular weight excluding hydrogens is 267 g/mol. The molecule has 0 aromatic carbocycles. The lowest BCUT2D eigenvalue weighted by molar-refractivity contribution is -0.160. The van der Waals surface area contributed by atoms with Gasteiger partial charge >= 0.3 is 19.8 Å². The van der Waals surface area contributed by atoms with Crippen LogP contribution >= 0.6 is 7.82 Å². The Morgan fingerprint density at radius 2 is 1.89 bits per heavy atom. The van der Waals surface area contributed by atoms with Crippen molar-refractivity contribution in [3.8, 4) is 0 Å². The molecule has 9 heteroatoms. The maximum Gasteiger partial charge on any atom is 0.469 e. The van der Waals surface area contributed by atoms with Crippen LogP contribution in [0.15, 0.2) is 0 Å². The van der Waals surface area contributed by atoms with Crippen molar-refractivity contribution in [1.82, 2.24) is 0 Å². The van der Waals surface area contributed by atoms with Gasteiger partial charge in [0.2, 0.25) is 0 Å². The lowest BCUT2D eigenvalue weighted by Gasteiger charge is -2.17. The highest BCUT2D eigenvalue weighted by Crippen LogP contribution is 2.35. The average molecular weight is 284 g/mol. The first-order chi connectivity index (χ1) is 8.24. The number of hydrogen-bond acceptors (Lipinski definition) is 6. The molecule has 0 aliphatic heterocycles. The molecule has 0 fully saturated rings. The molecule has 2 N–H and O–H groups in total. The van der Waals surface area contributed by atoms with Gasteiger partial charge in [-0.2, -0.15) is 0 Å². The van der Waals surface area contributed by atoms with Gasteiger partial charge in [0.25, 0.3) is 0 Å². The fourth-order valence-corrected chi connectivity index (χ4v) is 1.32. The molecule has 1 unspecified atom stereocenters. The van der Waals surface area contributed by atoms with Gasteiger partial charge in [0, 0.05) is 13.3 Å². The minimum absolute atomic E-state index is 0.159. The Morgan fingerprint density at radius 1 is 1.28 bits per heavy atom.